The third-order valence-electron chi connectivity index (χ3n) is 8.12. The first kappa shape index (κ1) is 26.4. The van der Waals surface area contributed by atoms with Crippen LogP contribution in [-0.2, 0) is 0 Å². The molecular weight excluding hydrogens is 522 g/mol. The fourth-order valence-corrected chi connectivity index (χ4v) is 6.14. The molecule has 2 aliphatic rings. The topological polar surface area (TPSA) is 96.3 Å². The second-order valence-corrected chi connectivity index (χ2v) is 11.9. The largest absolute Gasteiger partial charge is 0.455 e. The zero-order valence-electron chi connectivity index (χ0n) is 22.8. The highest BCUT2D eigenvalue weighted by atomic mass is 35.5. The number of primary amides is 1. The van der Waals surface area contributed by atoms with E-state index in [9.17, 15) is 4.79 Å². The van der Waals surface area contributed by atoms with E-state index in [1.807, 2.05) is 42.6 Å². The predicted octanol–water partition coefficient (Wildman–Crippen LogP) is 6.55. The molecule has 2 aromatic heterocycles. The Labute approximate surface area is 239 Å². The molecule has 8 heteroatoms. The lowest BCUT2D eigenvalue weighted by atomic mass is 9.71. The molecule has 1 unspecified atom stereocenters. The molecule has 1 saturated heterocycles. The van der Waals surface area contributed by atoms with Gasteiger partial charge in [0.15, 0.2) is 0 Å². The van der Waals surface area contributed by atoms with Crippen molar-refractivity contribution in [2.75, 3.05) is 24.5 Å². The summed E-state index contributed by atoms with van der Waals surface area (Å²) in [6.07, 6.45) is 6.65. The highest BCUT2D eigenvalue weighted by Gasteiger charge is 2.35. The minimum atomic E-state index is -0.531. The fraction of sp³-hybridized carbons (Fsp3) is 0.312. The maximum absolute atomic E-state index is 12.3. The number of amides is 1. The first-order valence-electron chi connectivity index (χ1n) is 13.8. The summed E-state index contributed by atoms with van der Waals surface area (Å²) in [5.41, 5.74) is 12.2. The first-order valence-corrected chi connectivity index (χ1v) is 14.2. The summed E-state index contributed by atoms with van der Waals surface area (Å²) in [7, 11) is 0. The summed E-state index contributed by atoms with van der Waals surface area (Å²) >= 11 is 6.24. The van der Waals surface area contributed by atoms with E-state index < -0.39 is 5.91 Å². The second kappa shape index (κ2) is 10.6. The number of hydrogen-bond donors (Lipinski definition) is 3. The van der Waals surface area contributed by atoms with Crippen LogP contribution in [0.1, 0.15) is 49.0 Å². The van der Waals surface area contributed by atoms with Gasteiger partial charge in [-0.05, 0) is 77.8 Å². The van der Waals surface area contributed by atoms with Crippen LogP contribution in [0.15, 0.2) is 72.6 Å². The number of piperazine rings is 1. The molecule has 206 valence electrons. The van der Waals surface area contributed by atoms with Crippen molar-refractivity contribution in [3.63, 3.8) is 0 Å². The zero-order chi connectivity index (χ0) is 27.9. The van der Waals surface area contributed by atoms with Crippen LogP contribution in [-0.4, -0.2) is 41.6 Å². The second-order valence-electron chi connectivity index (χ2n) is 11.5. The molecule has 1 aliphatic carbocycles. The summed E-state index contributed by atoms with van der Waals surface area (Å²) in [6, 6.07) is 17.9. The van der Waals surface area contributed by atoms with Gasteiger partial charge in [-0.2, -0.15) is 0 Å². The van der Waals surface area contributed by atoms with E-state index in [1.165, 1.54) is 16.7 Å². The van der Waals surface area contributed by atoms with Crippen molar-refractivity contribution in [2.24, 2.45) is 11.1 Å². The number of allylic oxidation sites excluding steroid dienone is 1. The van der Waals surface area contributed by atoms with Gasteiger partial charge in [0.05, 0.1) is 17.8 Å². The lowest BCUT2D eigenvalue weighted by Crippen LogP contribution is -2.53. The van der Waals surface area contributed by atoms with Crippen LogP contribution < -0.4 is 20.7 Å². The van der Waals surface area contributed by atoms with Crippen LogP contribution in [0, 0.1) is 5.41 Å². The molecule has 4 aromatic rings. The van der Waals surface area contributed by atoms with Gasteiger partial charge in [-0.1, -0.05) is 37.6 Å². The van der Waals surface area contributed by atoms with Gasteiger partial charge in [-0.25, -0.2) is 4.98 Å². The Hall–Kier alpha value is -3.81. The number of nitrogens with one attached hydrogen (secondary N) is 2. The molecular formula is C32H34ClN5O2. The molecule has 0 radical (unpaired) electrons. The average Bonchev–Trinajstić information content (AvgIpc) is 3.41. The number of pyridine rings is 1. The Kier molecular flexibility index (Phi) is 7.02. The number of benzene rings is 2. The van der Waals surface area contributed by atoms with Gasteiger partial charge in [0.25, 0.3) is 5.91 Å². The van der Waals surface area contributed by atoms with E-state index in [-0.39, 0.29) is 11.5 Å². The number of H-pyrrole nitrogens is 1. The molecule has 0 saturated carbocycles. The van der Waals surface area contributed by atoms with Gasteiger partial charge in [0.2, 0.25) is 0 Å². The lowest BCUT2D eigenvalue weighted by Gasteiger charge is -2.44. The number of anilines is 1. The molecule has 1 fully saturated rings. The van der Waals surface area contributed by atoms with Crippen molar-refractivity contribution in [1.29, 1.82) is 0 Å². The van der Waals surface area contributed by atoms with E-state index in [0.29, 0.717) is 17.1 Å². The molecule has 4 N–H and O–H groups in total. The standard InChI is InChI=1S/C32H34ClN5O2/c1-32(2)11-9-25(27(17-32)20-3-5-22(33)6-4-20)28-19-35-13-14-38(28)23-7-8-26(30(34)39)29(16-23)40-24-15-21-10-12-36-31(21)37-18-24/h3-8,10,12,15-16,18,28,35H,9,11,13-14,17,19H2,1-2H3,(H2,34,39)(H,36,37). The van der Waals surface area contributed by atoms with Crippen LogP contribution in [0.2, 0.25) is 5.02 Å². The minimum Gasteiger partial charge on any atom is -0.455 e. The molecule has 40 heavy (non-hydrogen) atoms. The highest BCUT2D eigenvalue weighted by Crippen LogP contribution is 2.45. The van der Waals surface area contributed by atoms with Gasteiger partial charge in [0.1, 0.15) is 17.1 Å². The molecule has 3 heterocycles. The third-order valence-corrected chi connectivity index (χ3v) is 8.37. The smallest absolute Gasteiger partial charge is 0.252 e. The number of aromatic amines is 1. The first-order chi connectivity index (χ1) is 19.3. The quantitative estimate of drug-likeness (QED) is 0.251. The summed E-state index contributed by atoms with van der Waals surface area (Å²) in [5, 5.41) is 5.29. The van der Waals surface area contributed by atoms with Crippen LogP contribution >= 0.6 is 11.6 Å². The summed E-state index contributed by atoms with van der Waals surface area (Å²) in [4.78, 5) is 22.3. The van der Waals surface area contributed by atoms with Crippen molar-refractivity contribution in [3.8, 4) is 11.5 Å². The van der Waals surface area contributed by atoms with E-state index in [2.05, 4.69) is 46.2 Å². The number of halogens is 1. The van der Waals surface area contributed by atoms with Gasteiger partial charge in [-0.3, -0.25) is 4.79 Å². The van der Waals surface area contributed by atoms with Crippen molar-refractivity contribution in [2.45, 2.75) is 39.2 Å². The Balaban J connectivity index is 1.39. The number of hydrogen-bond acceptors (Lipinski definition) is 5. The maximum atomic E-state index is 12.3. The average molecular weight is 556 g/mol. The van der Waals surface area contributed by atoms with Gasteiger partial charge in [0, 0.05) is 48.0 Å². The summed E-state index contributed by atoms with van der Waals surface area (Å²) in [6.45, 7) is 7.24. The molecule has 0 bridgehead atoms. The lowest BCUT2D eigenvalue weighted by molar-refractivity contribution is 0.0998. The number of rotatable bonds is 6. The van der Waals surface area contributed by atoms with Gasteiger partial charge < -0.3 is 25.7 Å². The third kappa shape index (κ3) is 5.31. The Morgan fingerprint density at radius 3 is 2.77 bits per heavy atom. The van der Waals surface area contributed by atoms with E-state index in [1.54, 1.807) is 12.3 Å². The molecule has 6 rings (SSSR count). The fourth-order valence-electron chi connectivity index (χ4n) is 6.02. The number of nitrogens with two attached hydrogens (primary N) is 1. The van der Waals surface area contributed by atoms with Gasteiger partial charge in [-0.15, -0.1) is 0 Å². The van der Waals surface area contributed by atoms with E-state index >= 15 is 0 Å². The Morgan fingerprint density at radius 2 is 1.98 bits per heavy atom. The number of aromatic nitrogens is 2. The Bertz CT molecular complexity index is 1590. The number of fused-ring (bicyclic) bond motifs is 1. The summed E-state index contributed by atoms with van der Waals surface area (Å²) < 4.78 is 6.25. The van der Waals surface area contributed by atoms with Crippen LogP contribution in [0.4, 0.5) is 5.69 Å². The number of ether oxygens (including phenoxy) is 1. The van der Waals surface area contributed by atoms with Crippen molar-refractivity contribution >= 4 is 39.8 Å². The maximum Gasteiger partial charge on any atom is 0.252 e. The zero-order valence-corrected chi connectivity index (χ0v) is 23.6. The summed E-state index contributed by atoms with van der Waals surface area (Å²) in [5.74, 6) is 0.442. The molecule has 0 spiro atoms. The number of carbonyl (C=O) groups excluding carboxylic acids is 1. The number of nitrogens with zero attached hydrogens (tertiary/aromatic N) is 2. The van der Waals surface area contributed by atoms with Crippen molar-refractivity contribution < 1.29 is 9.53 Å². The Morgan fingerprint density at radius 1 is 1.15 bits per heavy atom. The SMILES string of the molecule is CC1(C)CCC(C2CNCCN2c2ccc(C(N)=O)c(Oc3cnc4[nH]ccc4c3)c2)=C(c2ccc(Cl)cc2)C1. The monoisotopic (exact) mass is 555 g/mol. The van der Waals surface area contributed by atoms with E-state index in [0.717, 1.165) is 60.6 Å². The normalized spacial score (nSPS) is 19.2. The van der Waals surface area contributed by atoms with Crippen LogP contribution in [0.5, 0.6) is 11.5 Å². The van der Waals surface area contributed by atoms with Gasteiger partial charge >= 0.3 is 0 Å². The highest BCUT2D eigenvalue weighted by molar-refractivity contribution is 6.30. The van der Waals surface area contributed by atoms with Crippen molar-refractivity contribution in [1.82, 2.24) is 15.3 Å². The molecule has 1 aliphatic heterocycles. The van der Waals surface area contributed by atoms with E-state index in [4.69, 9.17) is 22.1 Å². The number of carbonyl (C=O) groups is 1. The molecule has 1 atom stereocenters. The molecule has 1 amide bonds. The molecule has 7 nitrogen and oxygen atoms in total. The predicted molar refractivity (Wildman–Crippen MR) is 161 cm³/mol. The van der Waals surface area contributed by atoms with Crippen LogP contribution in [0.3, 0.4) is 0 Å². The van der Waals surface area contributed by atoms with Crippen LogP contribution in [0.25, 0.3) is 16.6 Å². The minimum absolute atomic E-state index is 0.167. The van der Waals surface area contributed by atoms with Crippen molar-refractivity contribution in [3.05, 3.63) is 88.7 Å². The molecule has 2 aromatic carbocycles.